The van der Waals surface area contributed by atoms with Crippen LogP contribution in [0.5, 0.6) is 0 Å². The largest absolute Gasteiger partial charge is 0.375 e. The van der Waals surface area contributed by atoms with Gasteiger partial charge in [-0.2, -0.15) is 4.98 Å². The van der Waals surface area contributed by atoms with Crippen LogP contribution in [0.3, 0.4) is 0 Å². The molecule has 28 heavy (non-hydrogen) atoms. The highest BCUT2D eigenvalue weighted by atomic mass is 16.5. The van der Waals surface area contributed by atoms with Gasteiger partial charge in [0.15, 0.2) is 5.82 Å². The van der Waals surface area contributed by atoms with Crippen LogP contribution in [0.2, 0.25) is 0 Å². The van der Waals surface area contributed by atoms with E-state index in [0.717, 1.165) is 57.7 Å². The minimum absolute atomic E-state index is 0.115. The first kappa shape index (κ1) is 21.2. The van der Waals surface area contributed by atoms with E-state index in [1.165, 1.54) is 12.8 Å². The maximum atomic E-state index is 12.6. The minimum atomic E-state index is -0.115. The summed E-state index contributed by atoms with van der Waals surface area (Å²) in [7, 11) is 1.60. The first-order valence-corrected chi connectivity index (χ1v) is 10.7. The lowest BCUT2D eigenvalue weighted by molar-refractivity contribution is -0.139. The molecule has 0 spiro atoms. The average Bonchev–Trinajstić information content (AvgIpc) is 2.99. The zero-order valence-corrected chi connectivity index (χ0v) is 17.9. The van der Waals surface area contributed by atoms with Crippen LogP contribution >= 0.6 is 0 Å². The van der Waals surface area contributed by atoms with Gasteiger partial charge in [-0.15, -0.1) is 0 Å². The van der Waals surface area contributed by atoms with Crippen molar-refractivity contribution in [2.75, 3.05) is 33.4 Å². The van der Waals surface area contributed by atoms with Crippen molar-refractivity contribution >= 4 is 5.91 Å². The lowest BCUT2D eigenvalue weighted by atomic mass is 9.86. The van der Waals surface area contributed by atoms with Crippen LogP contribution in [0.15, 0.2) is 4.52 Å². The minimum Gasteiger partial charge on any atom is -0.375 e. The van der Waals surface area contributed by atoms with Crippen LogP contribution in [0, 0.1) is 5.92 Å². The van der Waals surface area contributed by atoms with Crippen molar-refractivity contribution in [1.82, 2.24) is 19.9 Å². The van der Waals surface area contributed by atoms with Crippen LogP contribution in [0.25, 0.3) is 0 Å². The highest BCUT2D eigenvalue weighted by Crippen LogP contribution is 2.30. The molecule has 158 valence electrons. The second-order valence-corrected chi connectivity index (χ2v) is 9.32. The van der Waals surface area contributed by atoms with E-state index in [9.17, 15) is 4.79 Å². The standard InChI is InChI=1S/C21H36N4O3/c1-21(2,3)20-22-18(23-28-20)14-24-12-9-16(10-13-24)17-8-6-5-7-11-25(17)19(26)15-27-4/h16-17H,5-15H2,1-4H3. The summed E-state index contributed by atoms with van der Waals surface area (Å²) in [6.07, 6.45) is 6.91. The van der Waals surface area contributed by atoms with Crippen molar-refractivity contribution in [3.63, 3.8) is 0 Å². The van der Waals surface area contributed by atoms with Crippen molar-refractivity contribution < 1.29 is 14.1 Å². The van der Waals surface area contributed by atoms with Crippen LogP contribution in [-0.4, -0.2) is 65.2 Å². The Morgan fingerprint density at radius 2 is 1.89 bits per heavy atom. The number of amides is 1. The van der Waals surface area contributed by atoms with Gasteiger partial charge in [-0.1, -0.05) is 38.8 Å². The third kappa shape index (κ3) is 5.32. The molecule has 3 rings (SSSR count). The van der Waals surface area contributed by atoms with Gasteiger partial charge < -0.3 is 14.2 Å². The van der Waals surface area contributed by atoms with E-state index >= 15 is 0 Å². The van der Waals surface area contributed by atoms with E-state index in [2.05, 4.69) is 40.7 Å². The van der Waals surface area contributed by atoms with Crippen molar-refractivity contribution in [2.45, 2.75) is 77.3 Å². The first-order chi connectivity index (χ1) is 13.4. The van der Waals surface area contributed by atoms with Gasteiger partial charge >= 0.3 is 0 Å². The Morgan fingerprint density at radius 1 is 1.14 bits per heavy atom. The van der Waals surface area contributed by atoms with Crippen molar-refractivity contribution in [3.8, 4) is 0 Å². The molecule has 0 aromatic carbocycles. The smallest absolute Gasteiger partial charge is 0.248 e. The zero-order valence-electron chi connectivity index (χ0n) is 17.9. The Hall–Kier alpha value is -1.47. The molecular formula is C21H36N4O3. The highest BCUT2D eigenvalue weighted by molar-refractivity contribution is 5.77. The normalized spacial score (nSPS) is 23.0. The molecule has 2 saturated heterocycles. The van der Waals surface area contributed by atoms with Crippen LogP contribution < -0.4 is 0 Å². The average molecular weight is 393 g/mol. The van der Waals surface area contributed by atoms with E-state index in [0.29, 0.717) is 17.9 Å². The molecule has 1 unspecified atom stereocenters. The van der Waals surface area contributed by atoms with Gasteiger partial charge in [0.2, 0.25) is 11.8 Å². The highest BCUT2D eigenvalue weighted by Gasteiger charge is 2.34. The van der Waals surface area contributed by atoms with Crippen LogP contribution in [0.1, 0.15) is 71.0 Å². The van der Waals surface area contributed by atoms with E-state index in [4.69, 9.17) is 9.26 Å². The van der Waals surface area contributed by atoms with Gasteiger partial charge in [0.05, 0.1) is 6.54 Å². The monoisotopic (exact) mass is 392 g/mol. The molecule has 7 nitrogen and oxygen atoms in total. The van der Waals surface area contributed by atoms with Crippen LogP contribution in [-0.2, 0) is 21.5 Å². The number of carbonyl (C=O) groups is 1. The predicted molar refractivity (Wildman–Crippen MR) is 107 cm³/mol. The van der Waals surface area contributed by atoms with Gasteiger partial charge in [0.25, 0.3) is 0 Å². The number of hydrogen-bond acceptors (Lipinski definition) is 6. The van der Waals surface area contributed by atoms with E-state index in [1.807, 2.05) is 0 Å². The lowest BCUT2D eigenvalue weighted by Crippen LogP contribution is -2.48. The van der Waals surface area contributed by atoms with Crippen LogP contribution in [0.4, 0.5) is 0 Å². The Bertz CT molecular complexity index is 632. The number of ether oxygens (including phenoxy) is 1. The Morgan fingerprint density at radius 3 is 2.54 bits per heavy atom. The SMILES string of the molecule is COCC(=O)N1CCCCCC1C1CCN(Cc2noc(C(C)(C)C)n2)CC1. The van der Waals surface area contributed by atoms with E-state index < -0.39 is 0 Å². The second kappa shape index (κ2) is 9.35. The molecule has 1 aromatic heterocycles. The van der Waals surface area contributed by atoms with E-state index in [1.54, 1.807) is 7.11 Å². The number of piperidine rings is 1. The number of carbonyl (C=O) groups excluding carboxylic acids is 1. The molecule has 0 aliphatic carbocycles. The molecule has 0 saturated carbocycles. The topological polar surface area (TPSA) is 71.7 Å². The first-order valence-electron chi connectivity index (χ1n) is 10.7. The van der Waals surface area contributed by atoms with Gasteiger partial charge in [-0.25, -0.2) is 0 Å². The molecule has 7 heteroatoms. The summed E-state index contributed by atoms with van der Waals surface area (Å²) in [5.74, 6) is 2.20. The van der Waals surface area contributed by atoms with Gasteiger partial charge in [-0.3, -0.25) is 9.69 Å². The fourth-order valence-electron chi connectivity index (χ4n) is 4.46. The molecule has 2 aliphatic rings. The number of methoxy groups -OCH3 is 1. The summed E-state index contributed by atoms with van der Waals surface area (Å²) in [6.45, 7) is 10.1. The van der Waals surface area contributed by atoms with Crippen molar-refractivity contribution in [1.29, 1.82) is 0 Å². The summed E-state index contributed by atoms with van der Waals surface area (Å²) in [5, 5.41) is 4.16. The number of rotatable bonds is 5. The Kier molecular flexibility index (Phi) is 7.10. The molecular weight excluding hydrogens is 356 g/mol. The quantitative estimate of drug-likeness (QED) is 0.767. The van der Waals surface area contributed by atoms with Crippen molar-refractivity contribution in [2.24, 2.45) is 5.92 Å². The molecule has 2 fully saturated rings. The fourth-order valence-corrected chi connectivity index (χ4v) is 4.46. The third-order valence-corrected chi connectivity index (χ3v) is 6.04. The molecule has 0 bridgehead atoms. The predicted octanol–water partition coefficient (Wildman–Crippen LogP) is 3.00. The maximum absolute atomic E-state index is 12.6. The molecule has 2 aliphatic heterocycles. The van der Waals surface area contributed by atoms with Gasteiger partial charge in [0.1, 0.15) is 6.61 Å². The summed E-state index contributed by atoms with van der Waals surface area (Å²) in [5.41, 5.74) is -0.115. The lowest BCUT2D eigenvalue weighted by Gasteiger charge is -2.40. The maximum Gasteiger partial charge on any atom is 0.248 e. The number of nitrogens with zero attached hydrogens (tertiary/aromatic N) is 4. The fraction of sp³-hybridized carbons (Fsp3) is 0.857. The number of aromatic nitrogens is 2. The molecule has 1 amide bonds. The number of hydrogen-bond donors (Lipinski definition) is 0. The van der Waals surface area contributed by atoms with Crippen molar-refractivity contribution in [3.05, 3.63) is 11.7 Å². The summed E-state index contributed by atoms with van der Waals surface area (Å²) in [4.78, 5) is 21.6. The van der Waals surface area contributed by atoms with E-state index in [-0.39, 0.29) is 17.9 Å². The molecule has 1 aromatic rings. The molecule has 3 heterocycles. The third-order valence-electron chi connectivity index (χ3n) is 6.04. The van der Waals surface area contributed by atoms with Gasteiger partial charge in [-0.05, 0) is 44.7 Å². The van der Waals surface area contributed by atoms with Gasteiger partial charge in [0, 0.05) is 25.1 Å². The molecule has 1 atom stereocenters. The summed E-state index contributed by atoms with van der Waals surface area (Å²) < 4.78 is 10.5. The summed E-state index contributed by atoms with van der Waals surface area (Å²) >= 11 is 0. The Balaban J connectivity index is 1.56. The summed E-state index contributed by atoms with van der Waals surface area (Å²) in [6, 6.07) is 0.366. The Labute approximate surface area is 168 Å². The zero-order chi connectivity index (χ0) is 20.1. The second-order valence-electron chi connectivity index (χ2n) is 9.32. The molecule has 0 radical (unpaired) electrons. The number of likely N-dealkylation sites (tertiary alicyclic amines) is 2. The molecule has 0 N–H and O–H groups in total.